The second-order valence-electron chi connectivity index (χ2n) is 6.21. The number of carbonyl (C=O) groups excluding carboxylic acids is 1. The van der Waals surface area contributed by atoms with Crippen LogP contribution in [0.15, 0.2) is 37.0 Å². The third-order valence-electron chi connectivity index (χ3n) is 4.00. The molecule has 21 heavy (non-hydrogen) atoms. The van der Waals surface area contributed by atoms with Crippen molar-refractivity contribution in [3.8, 4) is 5.75 Å². The van der Waals surface area contributed by atoms with Gasteiger partial charge in [0.15, 0.2) is 11.5 Å². The first-order valence-electron chi connectivity index (χ1n) is 7.09. The lowest BCUT2D eigenvalue weighted by atomic mass is 9.86. The number of Topliss-reactive ketones (excluding diaryl/α,β-unsaturated/α-hetero) is 1. The van der Waals surface area contributed by atoms with Gasteiger partial charge in [-0.2, -0.15) is 0 Å². The predicted octanol–water partition coefficient (Wildman–Crippen LogP) is 4.19. The van der Waals surface area contributed by atoms with Gasteiger partial charge < -0.3 is 9.47 Å². The van der Waals surface area contributed by atoms with Gasteiger partial charge >= 0.3 is 0 Å². The third-order valence-corrected chi connectivity index (χ3v) is 4.00. The molecule has 3 nitrogen and oxygen atoms in total. The molecule has 0 radical (unpaired) electrons. The average Bonchev–Trinajstić information content (AvgIpc) is 2.65. The van der Waals surface area contributed by atoms with Gasteiger partial charge in [0.05, 0.1) is 0 Å². The van der Waals surface area contributed by atoms with E-state index in [1.165, 1.54) is 18.1 Å². The smallest absolute Gasteiger partial charge is 0.282 e. The summed E-state index contributed by atoms with van der Waals surface area (Å²) >= 11 is 0. The number of ether oxygens (including phenoxy) is 2. The summed E-state index contributed by atoms with van der Waals surface area (Å²) in [6.45, 7) is 15.1. The highest BCUT2D eigenvalue weighted by Crippen LogP contribution is 2.41. The van der Waals surface area contributed by atoms with E-state index in [0.29, 0.717) is 5.75 Å². The molecular weight excluding hydrogens is 264 g/mol. The van der Waals surface area contributed by atoms with Crippen LogP contribution in [0, 0.1) is 6.92 Å². The quantitative estimate of drug-likeness (QED) is 0.601. The second-order valence-corrected chi connectivity index (χ2v) is 6.21. The van der Waals surface area contributed by atoms with E-state index in [0.717, 1.165) is 18.4 Å². The van der Waals surface area contributed by atoms with Gasteiger partial charge in [0, 0.05) is 6.92 Å². The first kappa shape index (κ1) is 15.4. The van der Waals surface area contributed by atoms with Crippen molar-refractivity contribution in [2.75, 3.05) is 0 Å². The summed E-state index contributed by atoms with van der Waals surface area (Å²) in [5, 5.41) is 0. The summed E-state index contributed by atoms with van der Waals surface area (Å²) < 4.78 is 10.8. The van der Waals surface area contributed by atoms with Crippen LogP contribution in [-0.2, 0) is 21.4 Å². The Kier molecular flexibility index (Phi) is 3.95. The maximum atomic E-state index is 11.1. The van der Waals surface area contributed by atoms with Gasteiger partial charge in [0.2, 0.25) is 0 Å². The molecule has 0 aliphatic heterocycles. The summed E-state index contributed by atoms with van der Waals surface area (Å²) in [6, 6.07) is 4.22. The van der Waals surface area contributed by atoms with Crippen molar-refractivity contribution in [3.05, 3.63) is 53.7 Å². The lowest BCUT2D eigenvalue weighted by molar-refractivity contribution is -0.116. The van der Waals surface area contributed by atoms with E-state index in [1.54, 1.807) is 0 Å². The highest BCUT2D eigenvalue weighted by Gasteiger charge is 2.30. The molecule has 2 rings (SSSR count). The van der Waals surface area contributed by atoms with Gasteiger partial charge in [0.1, 0.15) is 5.75 Å². The molecule has 1 aromatic rings. The van der Waals surface area contributed by atoms with Gasteiger partial charge in [-0.05, 0) is 54.5 Å². The Labute approximate surface area is 126 Å². The number of rotatable bonds is 5. The van der Waals surface area contributed by atoms with Crippen LogP contribution in [0.4, 0.5) is 0 Å². The Morgan fingerprint density at radius 3 is 2.57 bits per heavy atom. The highest BCUT2D eigenvalue weighted by molar-refractivity contribution is 5.90. The Balaban J connectivity index is 2.20. The zero-order valence-corrected chi connectivity index (χ0v) is 13.2. The number of hydrogen-bond acceptors (Lipinski definition) is 3. The zero-order valence-electron chi connectivity index (χ0n) is 13.2. The van der Waals surface area contributed by atoms with Crippen LogP contribution in [0.1, 0.15) is 43.9 Å². The minimum atomic E-state index is -0.244. The van der Waals surface area contributed by atoms with E-state index >= 15 is 0 Å². The summed E-state index contributed by atoms with van der Waals surface area (Å²) in [7, 11) is 0. The maximum Gasteiger partial charge on any atom is 0.282 e. The van der Waals surface area contributed by atoms with Crippen molar-refractivity contribution in [2.45, 2.75) is 46.0 Å². The number of hydrogen-bond donors (Lipinski definition) is 0. The molecule has 0 atom stereocenters. The molecule has 1 aliphatic carbocycles. The Morgan fingerprint density at radius 1 is 1.29 bits per heavy atom. The molecule has 0 unspecified atom stereocenters. The average molecular weight is 286 g/mol. The molecule has 0 aromatic heterocycles. The van der Waals surface area contributed by atoms with E-state index in [2.05, 4.69) is 39.1 Å². The Bertz CT molecular complexity index is 624. The van der Waals surface area contributed by atoms with Gasteiger partial charge in [-0.1, -0.05) is 26.5 Å². The van der Waals surface area contributed by atoms with Crippen LogP contribution >= 0.6 is 0 Å². The normalized spacial score (nSPS) is 15.2. The van der Waals surface area contributed by atoms with E-state index in [-0.39, 0.29) is 22.9 Å². The van der Waals surface area contributed by atoms with Crippen LogP contribution in [0.3, 0.4) is 0 Å². The number of benzene rings is 1. The zero-order chi connectivity index (χ0) is 15.8. The topological polar surface area (TPSA) is 35.5 Å². The first-order valence-corrected chi connectivity index (χ1v) is 7.09. The number of carbonyl (C=O) groups is 1. The van der Waals surface area contributed by atoms with E-state index in [9.17, 15) is 4.79 Å². The molecule has 0 saturated heterocycles. The van der Waals surface area contributed by atoms with Gasteiger partial charge in [-0.25, -0.2) is 0 Å². The molecule has 0 amide bonds. The molecule has 1 aromatic carbocycles. The fourth-order valence-electron chi connectivity index (χ4n) is 2.63. The summed E-state index contributed by atoms with van der Waals surface area (Å²) in [6.07, 6.45) is 2.24. The number of fused-ring (bicyclic) bond motifs is 1. The maximum absolute atomic E-state index is 11.1. The van der Waals surface area contributed by atoms with Crippen LogP contribution in [0.2, 0.25) is 0 Å². The summed E-state index contributed by atoms with van der Waals surface area (Å²) in [5.74, 6) is 0.560. The largest absolute Gasteiger partial charge is 0.426 e. The SMILES string of the molecule is C=C(OC(=C)C(C)=O)Oc1cc2c(cc1C)CCC2(C)C. The molecule has 0 spiro atoms. The standard InChI is InChI=1S/C18H22O3/c1-11-9-15-7-8-18(5,6)16(15)10-17(11)21-14(4)20-13(3)12(2)19/h9-10H,3-4,7-8H2,1-2,5-6H3. The summed E-state index contributed by atoms with van der Waals surface area (Å²) in [5.41, 5.74) is 3.88. The lowest BCUT2D eigenvalue weighted by Crippen LogP contribution is -2.12. The molecule has 0 bridgehead atoms. The van der Waals surface area contributed by atoms with Crippen molar-refractivity contribution < 1.29 is 14.3 Å². The lowest BCUT2D eigenvalue weighted by Gasteiger charge is -2.20. The predicted molar refractivity (Wildman–Crippen MR) is 83.2 cm³/mol. The Morgan fingerprint density at radius 2 is 1.95 bits per heavy atom. The molecule has 0 heterocycles. The van der Waals surface area contributed by atoms with Crippen LogP contribution in [0.25, 0.3) is 0 Å². The van der Waals surface area contributed by atoms with Crippen molar-refractivity contribution >= 4 is 5.78 Å². The molecule has 112 valence electrons. The molecule has 0 saturated carbocycles. The van der Waals surface area contributed by atoms with Crippen molar-refractivity contribution in [3.63, 3.8) is 0 Å². The third kappa shape index (κ3) is 3.18. The van der Waals surface area contributed by atoms with Gasteiger partial charge in [0.25, 0.3) is 5.95 Å². The van der Waals surface area contributed by atoms with Crippen molar-refractivity contribution in [1.29, 1.82) is 0 Å². The van der Waals surface area contributed by atoms with E-state index < -0.39 is 0 Å². The number of allylic oxidation sites excluding steroid dienone is 1. The molecule has 0 N–H and O–H groups in total. The fraction of sp³-hybridized carbons (Fsp3) is 0.389. The highest BCUT2D eigenvalue weighted by atomic mass is 16.7. The van der Waals surface area contributed by atoms with Crippen molar-refractivity contribution in [2.24, 2.45) is 0 Å². The van der Waals surface area contributed by atoms with Gasteiger partial charge in [-0.15, -0.1) is 0 Å². The molecular formula is C18H22O3. The minimum absolute atomic E-state index is 0.0270. The molecule has 0 fully saturated rings. The van der Waals surface area contributed by atoms with Crippen LogP contribution < -0.4 is 4.74 Å². The molecule has 3 heteroatoms. The minimum Gasteiger partial charge on any atom is -0.426 e. The Hall–Kier alpha value is -2.03. The van der Waals surface area contributed by atoms with Crippen LogP contribution in [0.5, 0.6) is 5.75 Å². The van der Waals surface area contributed by atoms with E-state index in [4.69, 9.17) is 9.47 Å². The van der Waals surface area contributed by atoms with Crippen LogP contribution in [-0.4, -0.2) is 5.78 Å². The fourth-order valence-corrected chi connectivity index (χ4v) is 2.63. The first-order chi connectivity index (χ1) is 9.70. The monoisotopic (exact) mass is 286 g/mol. The summed E-state index contributed by atoms with van der Waals surface area (Å²) in [4.78, 5) is 11.1. The second kappa shape index (κ2) is 5.40. The van der Waals surface area contributed by atoms with Gasteiger partial charge in [-0.3, -0.25) is 4.79 Å². The number of aryl methyl sites for hydroxylation is 2. The van der Waals surface area contributed by atoms with E-state index in [1.807, 2.05) is 6.92 Å². The number of ketones is 1. The van der Waals surface area contributed by atoms with Crippen molar-refractivity contribution in [1.82, 2.24) is 0 Å². The molecule has 1 aliphatic rings.